The van der Waals surface area contributed by atoms with Crippen molar-refractivity contribution in [1.29, 1.82) is 0 Å². The number of para-hydroxylation sites is 4. The number of benzene rings is 10. The number of rotatable bonds is 10. The molecule has 0 amide bonds. The van der Waals surface area contributed by atoms with Crippen LogP contribution in [-0.2, 0) is 18.5 Å². The molecule has 0 aliphatic carbocycles. The Morgan fingerprint density at radius 2 is 0.560 bits per heavy atom. The van der Waals surface area contributed by atoms with E-state index in [0.29, 0.717) is 5.69 Å². The molecular formula is C63H40F9N3. The van der Waals surface area contributed by atoms with Gasteiger partial charge in [0.2, 0.25) is 0 Å². The molecule has 0 N–H and O–H groups in total. The molecule has 0 spiro atoms. The lowest BCUT2D eigenvalue weighted by Gasteiger charge is -2.25. The van der Waals surface area contributed by atoms with Gasteiger partial charge in [0.1, 0.15) is 0 Å². The van der Waals surface area contributed by atoms with Crippen LogP contribution in [0.1, 0.15) is 16.7 Å². The van der Waals surface area contributed by atoms with Crippen LogP contribution in [0.2, 0.25) is 0 Å². The van der Waals surface area contributed by atoms with Crippen LogP contribution < -0.4 is 9.80 Å². The van der Waals surface area contributed by atoms with E-state index in [2.05, 4.69) is 70.5 Å². The van der Waals surface area contributed by atoms with Crippen LogP contribution >= 0.6 is 0 Å². The van der Waals surface area contributed by atoms with Gasteiger partial charge in [-0.05, 0) is 155 Å². The molecule has 1 aromatic heterocycles. The van der Waals surface area contributed by atoms with Gasteiger partial charge in [0.25, 0.3) is 0 Å². The molecule has 11 aromatic rings. The number of fused-ring (bicyclic) bond motifs is 3. The van der Waals surface area contributed by atoms with Crippen molar-refractivity contribution in [2.45, 2.75) is 18.5 Å². The summed E-state index contributed by atoms with van der Waals surface area (Å²) < 4.78 is 129. The van der Waals surface area contributed by atoms with E-state index in [-0.39, 0.29) is 17.7 Å². The number of nitrogens with zero attached hydrogens (tertiary/aromatic N) is 3. The molecule has 10 aromatic carbocycles. The van der Waals surface area contributed by atoms with Crippen molar-refractivity contribution in [3.05, 3.63) is 259 Å². The van der Waals surface area contributed by atoms with Gasteiger partial charge in [-0.2, -0.15) is 39.5 Å². The zero-order valence-corrected chi connectivity index (χ0v) is 39.3. The van der Waals surface area contributed by atoms with Gasteiger partial charge in [0.05, 0.1) is 27.7 Å². The lowest BCUT2D eigenvalue weighted by atomic mass is 9.93. The molecule has 0 aliphatic heterocycles. The Labute approximate surface area is 425 Å². The number of alkyl halides is 9. The maximum Gasteiger partial charge on any atom is 0.417 e. The molecule has 0 saturated heterocycles. The SMILES string of the molecule is FC(F)(F)c1cc(-c2ccc(-n3c4ccc(-c5ccc(N(c6ccccc6)c6ccccc6)cc5)cc4c4cc(-c5ccc(N(c6ccccc6)c6ccccc6)cc5)ccc43)cc2)cc(C(F)(F)F)c1C(F)(F)F. The fourth-order valence-corrected chi connectivity index (χ4v) is 9.83. The largest absolute Gasteiger partial charge is 0.417 e. The van der Waals surface area contributed by atoms with Gasteiger partial charge < -0.3 is 14.4 Å². The second-order valence-corrected chi connectivity index (χ2v) is 17.9. The van der Waals surface area contributed by atoms with E-state index < -0.39 is 40.8 Å². The third kappa shape index (κ3) is 9.47. The van der Waals surface area contributed by atoms with E-state index in [1.165, 1.54) is 24.3 Å². The van der Waals surface area contributed by atoms with Crippen LogP contribution in [0.4, 0.5) is 73.6 Å². The van der Waals surface area contributed by atoms with E-state index in [9.17, 15) is 39.5 Å². The standard InChI is InChI=1S/C63H40F9N3/c64-61(65,66)56-39-46(40-57(62(67,68)69)60(56)63(70,71)72)43-25-33-53(34-26-43)75-58-35-27-44(41-21-29-51(30-22-41)73(47-13-5-1-6-14-47)48-15-7-2-8-16-48)37-54(58)55-38-45(28-36-59(55)75)42-23-31-52(32-24-42)74(49-17-9-3-10-18-49)50-19-11-4-12-20-50/h1-40H. The fraction of sp³-hybridized carbons (Fsp3) is 0.0476. The summed E-state index contributed by atoms with van der Waals surface area (Å²) in [6, 6.07) is 74.7. The Hall–Kier alpha value is -9.03. The third-order valence-electron chi connectivity index (χ3n) is 13.2. The summed E-state index contributed by atoms with van der Waals surface area (Å²) in [5.74, 6) is 0. The molecule has 370 valence electrons. The first-order valence-corrected chi connectivity index (χ1v) is 23.7. The summed E-state index contributed by atoms with van der Waals surface area (Å²) in [5, 5.41) is 1.71. The van der Waals surface area contributed by atoms with E-state index in [1.807, 2.05) is 150 Å². The molecule has 11 rings (SSSR count). The average Bonchev–Trinajstić information content (AvgIpc) is 3.75. The van der Waals surface area contributed by atoms with Gasteiger partial charge >= 0.3 is 18.5 Å². The molecule has 0 saturated carbocycles. The molecule has 0 unspecified atom stereocenters. The maximum absolute atomic E-state index is 14.1. The zero-order valence-electron chi connectivity index (χ0n) is 39.3. The first kappa shape index (κ1) is 48.2. The minimum atomic E-state index is -5.93. The van der Waals surface area contributed by atoms with Gasteiger partial charge in [-0.15, -0.1) is 0 Å². The van der Waals surface area contributed by atoms with Crippen molar-refractivity contribution in [2.24, 2.45) is 0 Å². The molecule has 0 radical (unpaired) electrons. The highest BCUT2D eigenvalue weighted by molar-refractivity contribution is 6.11. The Balaban J connectivity index is 1.02. The summed E-state index contributed by atoms with van der Waals surface area (Å²) in [5.41, 5.74) is 3.14. The number of aromatic nitrogens is 1. The smallest absolute Gasteiger partial charge is 0.311 e. The van der Waals surface area contributed by atoms with Crippen molar-refractivity contribution in [1.82, 2.24) is 4.57 Å². The first-order chi connectivity index (χ1) is 36.1. The molecule has 75 heavy (non-hydrogen) atoms. The lowest BCUT2D eigenvalue weighted by molar-refractivity contribution is -0.174. The normalized spacial score (nSPS) is 12.1. The van der Waals surface area contributed by atoms with Crippen molar-refractivity contribution in [3.63, 3.8) is 0 Å². The minimum absolute atomic E-state index is 0.122. The molecule has 0 bridgehead atoms. The third-order valence-corrected chi connectivity index (χ3v) is 13.2. The van der Waals surface area contributed by atoms with Crippen LogP contribution in [0, 0.1) is 0 Å². The molecule has 0 aliphatic rings. The summed E-state index contributed by atoms with van der Waals surface area (Å²) in [4.78, 5) is 4.34. The van der Waals surface area contributed by atoms with Gasteiger partial charge in [-0.3, -0.25) is 0 Å². The zero-order chi connectivity index (χ0) is 52.1. The van der Waals surface area contributed by atoms with Crippen molar-refractivity contribution in [2.75, 3.05) is 9.80 Å². The predicted molar refractivity (Wildman–Crippen MR) is 281 cm³/mol. The van der Waals surface area contributed by atoms with Crippen LogP contribution in [0.15, 0.2) is 243 Å². The van der Waals surface area contributed by atoms with Crippen molar-refractivity contribution < 1.29 is 39.5 Å². The first-order valence-electron chi connectivity index (χ1n) is 23.7. The molecule has 0 atom stereocenters. The molecule has 1 heterocycles. The highest BCUT2D eigenvalue weighted by Crippen LogP contribution is 2.49. The highest BCUT2D eigenvalue weighted by atomic mass is 19.4. The summed E-state index contributed by atoms with van der Waals surface area (Å²) >= 11 is 0. The minimum Gasteiger partial charge on any atom is -0.311 e. The van der Waals surface area contributed by atoms with Crippen LogP contribution in [0.5, 0.6) is 0 Å². The van der Waals surface area contributed by atoms with Gasteiger partial charge in [-0.1, -0.05) is 121 Å². The van der Waals surface area contributed by atoms with Gasteiger partial charge in [0, 0.05) is 50.6 Å². The maximum atomic E-state index is 14.1. The highest BCUT2D eigenvalue weighted by Gasteiger charge is 2.50. The Bertz CT molecular complexity index is 3500. The number of anilines is 6. The second-order valence-electron chi connectivity index (χ2n) is 17.9. The fourth-order valence-electron chi connectivity index (χ4n) is 9.83. The topological polar surface area (TPSA) is 11.4 Å². The summed E-state index contributed by atoms with van der Waals surface area (Å²) in [6.07, 6.45) is -17.4. The number of halogens is 9. The molecule has 0 fully saturated rings. The van der Waals surface area contributed by atoms with E-state index in [1.54, 1.807) is 0 Å². The van der Waals surface area contributed by atoms with E-state index in [0.717, 1.165) is 78.2 Å². The lowest BCUT2D eigenvalue weighted by Crippen LogP contribution is -2.23. The van der Waals surface area contributed by atoms with Crippen molar-refractivity contribution in [3.8, 4) is 39.1 Å². The molecule has 3 nitrogen and oxygen atoms in total. The number of hydrogen-bond donors (Lipinski definition) is 0. The average molecular weight is 1010 g/mol. The van der Waals surface area contributed by atoms with Crippen LogP contribution in [0.3, 0.4) is 0 Å². The Morgan fingerprint density at radius 1 is 0.267 bits per heavy atom. The van der Waals surface area contributed by atoms with E-state index in [4.69, 9.17) is 0 Å². The van der Waals surface area contributed by atoms with Gasteiger partial charge in [0.15, 0.2) is 0 Å². The van der Waals surface area contributed by atoms with Crippen LogP contribution in [0.25, 0.3) is 60.9 Å². The monoisotopic (exact) mass is 1010 g/mol. The molecular weight excluding hydrogens is 970 g/mol. The summed E-state index contributed by atoms with van der Waals surface area (Å²) in [7, 11) is 0. The predicted octanol–water partition coefficient (Wildman–Crippen LogP) is 19.8. The van der Waals surface area contributed by atoms with Gasteiger partial charge in [-0.25, -0.2) is 0 Å². The Kier molecular flexibility index (Phi) is 12.3. The Morgan fingerprint density at radius 3 is 0.880 bits per heavy atom. The second kappa shape index (κ2) is 19.1. The van der Waals surface area contributed by atoms with Crippen LogP contribution in [-0.4, -0.2) is 4.57 Å². The number of hydrogen-bond acceptors (Lipinski definition) is 2. The summed E-state index contributed by atoms with van der Waals surface area (Å²) in [6.45, 7) is 0. The quantitative estimate of drug-likeness (QED) is 0.127. The molecule has 12 heteroatoms. The van der Waals surface area contributed by atoms with E-state index >= 15 is 0 Å². The van der Waals surface area contributed by atoms with Crippen molar-refractivity contribution >= 4 is 55.9 Å².